The van der Waals surface area contributed by atoms with Gasteiger partial charge in [0, 0.05) is 11.0 Å². The Morgan fingerprint density at radius 3 is 2.70 bits per heavy atom. The largest absolute Gasteiger partial charge is 0.453 e. The van der Waals surface area contributed by atoms with E-state index in [1.807, 2.05) is 36.4 Å². The molecule has 1 aromatic carbocycles. The van der Waals surface area contributed by atoms with Gasteiger partial charge in [0.2, 0.25) is 5.91 Å². The molecule has 1 aliphatic carbocycles. The molecule has 30 heavy (non-hydrogen) atoms. The molecule has 2 amide bonds. The van der Waals surface area contributed by atoms with E-state index < -0.39 is 12.1 Å². The van der Waals surface area contributed by atoms with E-state index in [4.69, 9.17) is 4.74 Å². The summed E-state index contributed by atoms with van der Waals surface area (Å²) in [6.07, 6.45) is 9.18. The normalized spacial score (nSPS) is 19.8. The number of ether oxygens (including phenoxy) is 1. The van der Waals surface area contributed by atoms with Crippen molar-refractivity contribution in [3.63, 3.8) is 0 Å². The van der Waals surface area contributed by atoms with Crippen molar-refractivity contribution in [2.75, 3.05) is 13.7 Å². The summed E-state index contributed by atoms with van der Waals surface area (Å²) >= 11 is 3.45. The van der Waals surface area contributed by atoms with Crippen LogP contribution in [-0.2, 0) is 9.53 Å². The van der Waals surface area contributed by atoms with Gasteiger partial charge in [-0.2, -0.15) is 0 Å². The van der Waals surface area contributed by atoms with Gasteiger partial charge in [0.25, 0.3) is 0 Å². The maximum Gasteiger partial charge on any atom is 0.407 e. The Balaban J connectivity index is 1.54. The summed E-state index contributed by atoms with van der Waals surface area (Å²) in [6, 6.07) is 7.10. The molecule has 1 aromatic heterocycles. The predicted molar refractivity (Wildman–Crippen MR) is 117 cm³/mol. The number of H-pyrrole nitrogens is 1. The number of hydrogen-bond donors (Lipinski definition) is 2. The SMILES string of the molecule is COC(=O)NC(C(=O)N1CC=C[C@H]1c1ncc(-c2ccc(Br)cc2)[nH]1)C1CCCC1. The van der Waals surface area contributed by atoms with Gasteiger partial charge in [-0.15, -0.1) is 0 Å². The summed E-state index contributed by atoms with van der Waals surface area (Å²) in [4.78, 5) is 35.0. The minimum absolute atomic E-state index is 0.0936. The molecule has 8 heteroatoms. The van der Waals surface area contributed by atoms with Crippen LogP contribution in [0.2, 0.25) is 0 Å². The summed E-state index contributed by atoms with van der Waals surface area (Å²) < 4.78 is 5.78. The number of aromatic amines is 1. The zero-order chi connectivity index (χ0) is 21.1. The molecule has 2 heterocycles. The molecule has 1 saturated carbocycles. The predicted octanol–water partition coefficient (Wildman–Crippen LogP) is 4.19. The first-order chi connectivity index (χ1) is 14.6. The molecule has 7 nitrogen and oxygen atoms in total. The van der Waals surface area contributed by atoms with Crippen LogP contribution in [-0.4, -0.2) is 46.6 Å². The monoisotopic (exact) mass is 472 g/mol. The van der Waals surface area contributed by atoms with Gasteiger partial charge in [-0.1, -0.05) is 53.1 Å². The van der Waals surface area contributed by atoms with Crippen LogP contribution in [0.3, 0.4) is 0 Å². The van der Waals surface area contributed by atoms with Crippen molar-refractivity contribution < 1.29 is 14.3 Å². The fraction of sp³-hybridized carbons (Fsp3) is 0.409. The first kappa shape index (κ1) is 20.7. The van der Waals surface area contributed by atoms with Crippen LogP contribution in [0, 0.1) is 5.92 Å². The Labute approximate surface area is 184 Å². The molecule has 4 rings (SSSR count). The second kappa shape index (κ2) is 9.04. The van der Waals surface area contributed by atoms with Gasteiger partial charge in [-0.3, -0.25) is 4.79 Å². The molecule has 0 saturated heterocycles. The van der Waals surface area contributed by atoms with Crippen LogP contribution in [0.4, 0.5) is 4.79 Å². The number of aromatic nitrogens is 2. The molecular weight excluding hydrogens is 448 g/mol. The van der Waals surface area contributed by atoms with Crippen molar-refractivity contribution in [1.29, 1.82) is 0 Å². The lowest BCUT2D eigenvalue weighted by Gasteiger charge is -2.31. The molecule has 0 radical (unpaired) electrons. The number of nitrogens with one attached hydrogen (secondary N) is 2. The van der Waals surface area contributed by atoms with Gasteiger partial charge >= 0.3 is 6.09 Å². The Morgan fingerprint density at radius 2 is 2.00 bits per heavy atom. The number of carbonyl (C=O) groups is 2. The smallest absolute Gasteiger partial charge is 0.407 e. The van der Waals surface area contributed by atoms with E-state index in [2.05, 4.69) is 31.2 Å². The topological polar surface area (TPSA) is 87.3 Å². The third-order valence-corrected chi connectivity index (χ3v) is 6.39. The lowest BCUT2D eigenvalue weighted by atomic mass is 9.96. The highest BCUT2D eigenvalue weighted by molar-refractivity contribution is 9.10. The number of carbonyl (C=O) groups excluding carboxylic acids is 2. The third-order valence-electron chi connectivity index (χ3n) is 5.87. The highest BCUT2D eigenvalue weighted by Crippen LogP contribution is 2.32. The van der Waals surface area contributed by atoms with Crippen LogP contribution in [0.25, 0.3) is 11.3 Å². The lowest BCUT2D eigenvalue weighted by molar-refractivity contribution is -0.135. The van der Waals surface area contributed by atoms with Crippen molar-refractivity contribution >= 4 is 27.9 Å². The quantitative estimate of drug-likeness (QED) is 0.638. The average Bonchev–Trinajstić information content (AvgIpc) is 3.52. The molecule has 1 unspecified atom stereocenters. The van der Waals surface area contributed by atoms with Gasteiger partial charge in [0.1, 0.15) is 17.9 Å². The molecule has 2 N–H and O–H groups in total. The van der Waals surface area contributed by atoms with Gasteiger partial charge in [0.05, 0.1) is 19.0 Å². The average molecular weight is 473 g/mol. The second-order valence-electron chi connectivity index (χ2n) is 7.71. The van der Waals surface area contributed by atoms with Crippen molar-refractivity contribution in [3.8, 4) is 11.3 Å². The Hall–Kier alpha value is -2.61. The van der Waals surface area contributed by atoms with Crippen LogP contribution >= 0.6 is 15.9 Å². The second-order valence-corrected chi connectivity index (χ2v) is 8.63. The third kappa shape index (κ3) is 4.28. The van der Waals surface area contributed by atoms with Gasteiger partial charge in [-0.25, -0.2) is 9.78 Å². The number of amides is 2. The molecule has 2 aromatic rings. The standard InChI is InChI=1S/C22H25BrN4O3/c1-30-22(29)26-19(15-5-2-3-6-15)21(28)27-12-4-7-18(27)20-24-13-17(25-20)14-8-10-16(23)11-9-14/h4,7-11,13,15,18-19H,2-3,5-6,12H2,1H3,(H,24,25)(H,26,29)/t18-,19?/m0/s1. The summed E-state index contributed by atoms with van der Waals surface area (Å²) in [6.45, 7) is 0.490. The number of rotatable bonds is 5. The minimum Gasteiger partial charge on any atom is -0.453 e. The first-order valence-electron chi connectivity index (χ1n) is 10.2. The zero-order valence-corrected chi connectivity index (χ0v) is 18.4. The van der Waals surface area contributed by atoms with Crippen molar-refractivity contribution in [2.45, 2.75) is 37.8 Å². The van der Waals surface area contributed by atoms with E-state index >= 15 is 0 Å². The van der Waals surface area contributed by atoms with E-state index in [0.717, 1.165) is 41.4 Å². The molecule has 158 valence electrons. The van der Waals surface area contributed by atoms with Crippen LogP contribution in [0.15, 0.2) is 47.1 Å². The minimum atomic E-state index is -0.580. The van der Waals surface area contributed by atoms with E-state index in [1.165, 1.54) is 7.11 Å². The Kier molecular flexibility index (Phi) is 6.22. The summed E-state index contributed by atoms with van der Waals surface area (Å²) in [5.41, 5.74) is 1.92. The molecular formula is C22H25BrN4O3. The summed E-state index contributed by atoms with van der Waals surface area (Å²) in [7, 11) is 1.32. The molecule has 0 spiro atoms. The van der Waals surface area contributed by atoms with Crippen molar-refractivity contribution in [3.05, 3.63) is 52.9 Å². The number of imidazole rings is 1. The Bertz CT molecular complexity index is 934. The summed E-state index contributed by atoms with van der Waals surface area (Å²) in [5, 5.41) is 2.78. The van der Waals surface area contributed by atoms with Crippen molar-refractivity contribution in [1.82, 2.24) is 20.2 Å². The number of alkyl carbamates (subject to hydrolysis) is 1. The molecule has 1 fully saturated rings. The fourth-order valence-corrected chi connectivity index (χ4v) is 4.55. The van der Waals surface area contributed by atoms with E-state index in [1.54, 1.807) is 11.1 Å². The molecule has 0 bridgehead atoms. The van der Waals surface area contributed by atoms with E-state index in [9.17, 15) is 9.59 Å². The Morgan fingerprint density at radius 1 is 1.27 bits per heavy atom. The molecule has 1 aliphatic heterocycles. The molecule has 2 atom stereocenters. The number of halogens is 1. The first-order valence-corrected chi connectivity index (χ1v) is 11.0. The number of methoxy groups -OCH3 is 1. The maximum absolute atomic E-state index is 13.5. The lowest BCUT2D eigenvalue weighted by Crippen LogP contribution is -2.51. The number of nitrogens with zero attached hydrogens (tertiary/aromatic N) is 2. The maximum atomic E-state index is 13.5. The fourth-order valence-electron chi connectivity index (χ4n) is 4.29. The summed E-state index contributed by atoms with van der Waals surface area (Å²) in [5.74, 6) is 0.745. The van der Waals surface area contributed by atoms with Gasteiger partial charge in [0.15, 0.2) is 0 Å². The van der Waals surface area contributed by atoms with Gasteiger partial charge in [-0.05, 0) is 36.5 Å². The van der Waals surface area contributed by atoms with Crippen molar-refractivity contribution in [2.24, 2.45) is 5.92 Å². The zero-order valence-electron chi connectivity index (χ0n) is 16.8. The van der Waals surface area contributed by atoms with Gasteiger partial charge < -0.3 is 19.9 Å². The van der Waals surface area contributed by atoms with Crippen LogP contribution in [0.5, 0.6) is 0 Å². The van der Waals surface area contributed by atoms with E-state index in [-0.39, 0.29) is 17.9 Å². The highest BCUT2D eigenvalue weighted by atomic mass is 79.9. The molecule has 2 aliphatic rings. The van der Waals surface area contributed by atoms with Crippen LogP contribution in [0.1, 0.15) is 37.5 Å². The highest BCUT2D eigenvalue weighted by Gasteiger charge is 2.38. The van der Waals surface area contributed by atoms with Crippen LogP contribution < -0.4 is 5.32 Å². The number of benzene rings is 1. The number of hydrogen-bond acceptors (Lipinski definition) is 4. The van der Waals surface area contributed by atoms with E-state index in [0.29, 0.717) is 12.4 Å².